The van der Waals surface area contributed by atoms with E-state index in [1.165, 1.54) is 18.3 Å². The van der Waals surface area contributed by atoms with E-state index in [1.54, 1.807) is 36.4 Å². The predicted molar refractivity (Wildman–Crippen MR) is 121 cm³/mol. The Hall–Kier alpha value is -3.91. The summed E-state index contributed by atoms with van der Waals surface area (Å²) in [6.07, 6.45) is 1.38. The molecule has 0 saturated carbocycles. The fourth-order valence-electron chi connectivity index (χ4n) is 3.15. The fraction of sp³-hybridized carbons (Fsp3) is 0.0833. The van der Waals surface area contributed by atoms with Gasteiger partial charge in [-0.05, 0) is 42.3 Å². The second-order valence-electron chi connectivity index (χ2n) is 7.26. The van der Waals surface area contributed by atoms with E-state index in [9.17, 15) is 13.2 Å². The molecule has 0 atom stereocenters. The van der Waals surface area contributed by atoms with Crippen LogP contribution in [0.2, 0.25) is 0 Å². The number of hydrogen-bond donors (Lipinski definition) is 1. The van der Waals surface area contributed by atoms with Gasteiger partial charge in [0, 0.05) is 5.56 Å². The van der Waals surface area contributed by atoms with Crippen molar-refractivity contribution < 1.29 is 17.9 Å². The van der Waals surface area contributed by atoms with Crippen LogP contribution in [0.3, 0.4) is 0 Å². The van der Waals surface area contributed by atoms with E-state index in [2.05, 4.69) is 5.10 Å². The third-order valence-electron chi connectivity index (χ3n) is 4.90. The Morgan fingerprint density at radius 2 is 1.72 bits per heavy atom. The average molecular weight is 448 g/mol. The van der Waals surface area contributed by atoms with Crippen LogP contribution in [0.4, 0.5) is 0 Å². The molecular formula is C24H21N3O4S. The highest BCUT2D eigenvalue weighted by molar-refractivity contribution is 7.89. The van der Waals surface area contributed by atoms with Gasteiger partial charge in [-0.2, -0.15) is 12.5 Å². The van der Waals surface area contributed by atoms with Crippen molar-refractivity contribution in [3.05, 3.63) is 102 Å². The van der Waals surface area contributed by atoms with E-state index < -0.39 is 15.9 Å². The van der Waals surface area contributed by atoms with Crippen LogP contribution in [0.25, 0.3) is 11.1 Å². The van der Waals surface area contributed by atoms with Crippen LogP contribution >= 0.6 is 0 Å². The van der Waals surface area contributed by atoms with E-state index in [-0.39, 0.29) is 17.4 Å². The molecule has 0 radical (unpaired) electrons. The summed E-state index contributed by atoms with van der Waals surface area (Å²) in [5.74, 6) is -0.454. The predicted octanol–water partition coefficient (Wildman–Crippen LogP) is 3.77. The third-order valence-corrected chi connectivity index (χ3v) is 6.45. The summed E-state index contributed by atoms with van der Waals surface area (Å²) < 4.78 is 33.1. The van der Waals surface area contributed by atoms with Crippen LogP contribution in [-0.4, -0.2) is 23.5 Å². The maximum atomic E-state index is 13.2. The molecule has 8 heteroatoms. The highest BCUT2D eigenvalue weighted by atomic mass is 32.2. The lowest BCUT2D eigenvalue weighted by Crippen LogP contribution is -2.13. The third kappa shape index (κ3) is 4.40. The highest BCUT2D eigenvalue weighted by Crippen LogP contribution is 2.31. The average Bonchev–Trinajstić information content (AvgIpc) is 3.24. The Labute approximate surface area is 186 Å². The summed E-state index contributed by atoms with van der Waals surface area (Å²) in [6, 6.07) is 22.5. The standard InChI is InChI=1S/C24H21N3O4S/c1-17-10-12-21(13-11-17)32(29,30)27-15-22(19-8-5-9-20(14-19)23(25)28)24(26-27)31-16-18-6-3-2-4-7-18/h2-15H,16H2,1H3,(H2,25,28). The minimum atomic E-state index is -3.94. The summed E-state index contributed by atoms with van der Waals surface area (Å²) in [5.41, 5.74) is 8.55. The van der Waals surface area contributed by atoms with Crippen LogP contribution in [-0.2, 0) is 16.6 Å². The number of carbonyl (C=O) groups is 1. The van der Waals surface area contributed by atoms with E-state index in [1.807, 2.05) is 37.3 Å². The minimum absolute atomic E-state index is 0.109. The quantitative estimate of drug-likeness (QED) is 0.464. The van der Waals surface area contributed by atoms with Gasteiger partial charge in [-0.25, -0.2) is 0 Å². The zero-order valence-electron chi connectivity index (χ0n) is 17.3. The van der Waals surface area contributed by atoms with Gasteiger partial charge in [-0.3, -0.25) is 4.79 Å². The van der Waals surface area contributed by atoms with Gasteiger partial charge >= 0.3 is 0 Å². The summed E-state index contributed by atoms with van der Waals surface area (Å²) in [7, 11) is -3.94. The maximum Gasteiger partial charge on any atom is 0.283 e. The summed E-state index contributed by atoms with van der Waals surface area (Å²) in [4.78, 5) is 11.7. The molecule has 0 bridgehead atoms. The van der Waals surface area contributed by atoms with Gasteiger partial charge < -0.3 is 10.5 Å². The number of aromatic nitrogens is 2. The molecule has 0 aliphatic rings. The number of rotatable bonds is 7. The SMILES string of the molecule is Cc1ccc(S(=O)(=O)n2cc(-c3cccc(C(N)=O)c3)c(OCc3ccccc3)n2)cc1. The van der Waals surface area contributed by atoms with Crippen LogP contribution in [0, 0.1) is 6.92 Å². The Kier molecular flexibility index (Phi) is 5.79. The zero-order valence-corrected chi connectivity index (χ0v) is 18.1. The molecule has 4 aromatic rings. The van der Waals surface area contributed by atoms with Gasteiger partial charge in [0.15, 0.2) is 0 Å². The largest absolute Gasteiger partial charge is 0.471 e. The number of hydrogen-bond acceptors (Lipinski definition) is 5. The Balaban J connectivity index is 1.78. The molecule has 162 valence electrons. The van der Waals surface area contributed by atoms with Crippen molar-refractivity contribution in [1.29, 1.82) is 0 Å². The van der Waals surface area contributed by atoms with Gasteiger partial charge in [0.2, 0.25) is 11.8 Å². The van der Waals surface area contributed by atoms with Gasteiger partial charge in [0.25, 0.3) is 10.0 Å². The molecule has 0 unspecified atom stereocenters. The first-order chi connectivity index (χ1) is 15.3. The van der Waals surface area contributed by atoms with E-state index in [0.717, 1.165) is 15.2 Å². The van der Waals surface area contributed by atoms with E-state index >= 15 is 0 Å². The van der Waals surface area contributed by atoms with Crippen molar-refractivity contribution in [2.24, 2.45) is 5.73 Å². The van der Waals surface area contributed by atoms with Crippen molar-refractivity contribution in [3.8, 4) is 17.0 Å². The number of benzene rings is 3. The molecule has 3 aromatic carbocycles. The van der Waals surface area contributed by atoms with Crippen LogP contribution in [0.15, 0.2) is 90.0 Å². The molecule has 1 heterocycles. The number of ether oxygens (including phenoxy) is 1. The molecule has 0 fully saturated rings. The lowest BCUT2D eigenvalue weighted by Gasteiger charge is -2.06. The van der Waals surface area contributed by atoms with Crippen molar-refractivity contribution >= 4 is 15.9 Å². The van der Waals surface area contributed by atoms with Crippen LogP contribution < -0.4 is 10.5 Å². The van der Waals surface area contributed by atoms with Gasteiger partial charge in [0.05, 0.1) is 16.7 Å². The number of nitrogens with two attached hydrogens (primary N) is 1. The fourth-order valence-corrected chi connectivity index (χ4v) is 4.27. The van der Waals surface area contributed by atoms with Gasteiger partial charge in [0.1, 0.15) is 6.61 Å². The molecule has 0 spiro atoms. The zero-order chi connectivity index (χ0) is 22.7. The molecular weight excluding hydrogens is 426 g/mol. The monoisotopic (exact) mass is 447 g/mol. The van der Waals surface area contributed by atoms with E-state index in [0.29, 0.717) is 16.7 Å². The van der Waals surface area contributed by atoms with Crippen LogP contribution in [0.1, 0.15) is 21.5 Å². The summed E-state index contributed by atoms with van der Waals surface area (Å²) in [5, 5.41) is 4.24. The molecule has 0 aliphatic carbocycles. The first-order valence-corrected chi connectivity index (χ1v) is 11.3. The number of primary amides is 1. The Morgan fingerprint density at radius 1 is 1.00 bits per heavy atom. The molecule has 32 heavy (non-hydrogen) atoms. The van der Waals surface area contributed by atoms with Crippen molar-refractivity contribution in [2.75, 3.05) is 0 Å². The molecule has 1 amide bonds. The second kappa shape index (κ2) is 8.68. The smallest absolute Gasteiger partial charge is 0.283 e. The lowest BCUT2D eigenvalue weighted by atomic mass is 10.1. The summed E-state index contributed by atoms with van der Waals surface area (Å²) in [6.45, 7) is 2.08. The molecule has 0 saturated heterocycles. The molecule has 7 nitrogen and oxygen atoms in total. The lowest BCUT2D eigenvalue weighted by molar-refractivity contribution is 0.100. The highest BCUT2D eigenvalue weighted by Gasteiger charge is 2.23. The van der Waals surface area contributed by atoms with Gasteiger partial charge in [-0.1, -0.05) is 60.2 Å². The number of carbonyl (C=O) groups excluding carboxylic acids is 1. The molecule has 0 aliphatic heterocycles. The minimum Gasteiger partial charge on any atom is -0.471 e. The number of aryl methyl sites for hydroxylation is 1. The maximum absolute atomic E-state index is 13.2. The first-order valence-electron chi connectivity index (χ1n) is 9.83. The Bertz CT molecular complexity index is 1360. The molecule has 4 rings (SSSR count). The normalized spacial score (nSPS) is 11.3. The van der Waals surface area contributed by atoms with Gasteiger partial charge in [-0.15, -0.1) is 5.10 Å². The second-order valence-corrected chi connectivity index (χ2v) is 9.05. The van der Waals surface area contributed by atoms with Crippen molar-refractivity contribution in [2.45, 2.75) is 18.4 Å². The number of amides is 1. The van der Waals surface area contributed by atoms with Crippen LogP contribution in [0.5, 0.6) is 5.88 Å². The molecule has 1 aromatic heterocycles. The Morgan fingerprint density at radius 3 is 2.41 bits per heavy atom. The summed E-state index contributed by atoms with van der Waals surface area (Å²) >= 11 is 0. The van der Waals surface area contributed by atoms with Crippen molar-refractivity contribution in [1.82, 2.24) is 9.19 Å². The topological polar surface area (TPSA) is 104 Å². The van der Waals surface area contributed by atoms with Crippen molar-refractivity contribution in [3.63, 3.8) is 0 Å². The van der Waals surface area contributed by atoms with E-state index in [4.69, 9.17) is 10.5 Å². The number of nitrogens with zero attached hydrogens (tertiary/aromatic N) is 2. The molecule has 2 N–H and O–H groups in total. The first kappa shape index (κ1) is 21.3.